The van der Waals surface area contributed by atoms with Crippen LogP contribution in [0.4, 0.5) is 5.69 Å². The average Bonchev–Trinajstić information content (AvgIpc) is 2.69. The first kappa shape index (κ1) is 18.7. The second-order valence-corrected chi connectivity index (χ2v) is 6.97. The van der Waals surface area contributed by atoms with E-state index in [1.807, 2.05) is 54.6 Å². The Kier molecular flexibility index (Phi) is 6.22. The van der Waals surface area contributed by atoms with Gasteiger partial charge in [0.2, 0.25) is 0 Å². The molecule has 0 N–H and O–H groups in total. The summed E-state index contributed by atoms with van der Waals surface area (Å²) in [5.41, 5.74) is 1.91. The second kappa shape index (κ2) is 9.00. The molecule has 0 fully saturated rings. The first-order valence-corrected chi connectivity index (χ1v) is 9.12. The SMILES string of the molecule is O=C(Cc1ccccc1)OCc1ccc(Sc2ccc([N+](=O)[O-])cc2)cc1. The van der Waals surface area contributed by atoms with E-state index in [9.17, 15) is 14.9 Å². The molecule has 0 aliphatic carbocycles. The third-order valence-electron chi connectivity index (χ3n) is 3.80. The zero-order valence-corrected chi connectivity index (χ0v) is 15.2. The molecule has 0 aliphatic rings. The van der Waals surface area contributed by atoms with Crippen LogP contribution in [0.25, 0.3) is 0 Å². The number of rotatable bonds is 7. The van der Waals surface area contributed by atoms with Gasteiger partial charge >= 0.3 is 5.97 Å². The Balaban J connectivity index is 1.51. The number of carbonyl (C=O) groups is 1. The summed E-state index contributed by atoms with van der Waals surface area (Å²) < 4.78 is 5.32. The van der Waals surface area contributed by atoms with Gasteiger partial charge < -0.3 is 4.74 Å². The molecule has 5 nitrogen and oxygen atoms in total. The lowest BCUT2D eigenvalue weighted by atomic mass is 10.1. The number of benzene rings is 3. The van der Waals surface area contributed by atoms with E-state index in [0.29, 0.717) is 0 Å². The summed E-state index contributed by atoms with van der Waals surface area (Å²) in [5, 5.41) is 10.7. The normalized spacial score (nSPS) is 10.4. The van der Waals surface area contributed by atoms with Gasteiger partial charge in [-0.1, -0.05) is 54.2 Å². The minimum Gasteiger partial charge on any atom is -0.461 e. The van der Waals surface area contributed by atoms with Gasteiger partial charge in [-0.3, -0.25) is 14.9 Å². The Morgan fingerprint density at radius 2 is 1.44 bits per heavy atom. The number of nitrogens with zero attached hydrogens (tertiary/aromatic N) is 1. The highest BCUT2D eigenvalue weighted by Gasteiger charge is 2.07. The molecule has 0 saturated carbocycles. The summed E-state index contributed by atoms with van der Waals surface area (Å²) in [7, 11) is 0. The van der Waals surface area contributed by atoms with E-state index in [1.165, 1.54) is 23.9 Å². The van der Waals surface area contributed by atoms with Gasteiger partial charge in [0.1, 0.15) is 6.61 Å². The molecule has 0 saturated heterocycles. The summed E-state index contributed by atoms with van der Waals surface area (Å²) >= 11 is 1.51. The standard InChI is InChI=1S/C21H17NO4S/c23-21(14-16-4-2-1-3-5-16)26-15-17-6-10-19(11-7-17)27-20-12-8-18(9-13-20)22(24)25/h1-13H,14-15H2. The average molecular weight is 379 g/mol. The molecule has 0 unspecified atom stereocenters. The predicted molar refractivity (Wildman–Crippen MR) is 104 cm³/mol. The van der Waals surface area contributed by atoms with Crippen molar-refractivity contribution in [2.24, 2.45) is 0 Å². The van der Waals surface area contributed by atoms with Crippen LogP contribution in [0.15, 0.2) is 88.7 Å². The number of carbonyl (C=O) groups excluding carboxylic acids is 1. The topological polar surface area (TPSA) is 69.4 Å². The number of hydrogen-bond acceptors (Lipinski definition) is 5. The summed E-state index contributed by atoms with van der Waals surface area (Å²) in [6.07, 6.45) is 0.259. The monoisotopic (exact) mass is 379 g/mol. The lowest BCUT2D eigenvalue weighted by Gasteiger charge is -2.06. The van der Waals surface area contributed by atoms with Crippen molar-refractivity contribution in [1.29, 1.82) is 0 Å². The Hall–Kier alpha value is -3.12. The molecule has 0 bridgehead atoms. The van der Waals surface area contributed by atoms with Crippen molar-refractivity contribution in [1.82, 2.24) is 0 Å². The highest BCUT2D eigenvalue weighted by atomic mass is 32.2. The maximum Gasteiger partial charge on any atom is 0.310 e. The molecular weight excluding hydrogens is 362 g/mol. The third-order valence-corrected chi connectivity index (χ3v) is 4.81. The number of nitro groups is 1. The molecule has 0 heterocycles. The number of esters is 1. The van der Waals surface area contributed by atoms with Crippen LogP contribution >= 0.6 is 11.8 Å². The van der Waals surface area contributed by atoms with Crippen LogP contribution in [0.5, 0.6) is 0 Å². The van der Waals surface area contributed by atoms with Crippen LogP contribution in [0.3, 0.4) is 0 Å². The van der Waals surface area contributed by atoms with Crippen LogP contribution in [0.1, 0.15) is 11.1 Å². The van der Waals surface area contributed by atoms with Gasteiger partial charge in [-0.05, 0) is 35.4 Å². The number of non-ortho nitro benzene ring substituents is 1. The summed E-state index contributed by atoms with van der Waals surface area (Å²) in [5.74, 6) is -0.259. The molecule has 3 aromatic rings. The molecule has 3 aromatic carbocycles. The van der Waals surface area contributed by atoms with Gasteiger partial charge in [-0.2, -0.15) is 0 Å². The molecule has 136 valence electrons. The number of ether oxygens (including phenoxy) is 1. The molecular formula is C21H17NO4S. The molecule has 0 spiro atoms. The van der Waals surface area contributed by atoms with Gasteiger partial charge in [0, 0.05) is 21.9 Å². The fourth-order valence-corrected chi connectivity index (χ4v) is 3.22. The minimum atomic E-state index is -0.414. The highest BCUT2D eigenvalue weighted by Crippen LogP contribution is 2.29. The largest absolute Gasteiger partial charge is 0.461 e. The van der Waals surface area contributed by atoms with Crippen molar-refractivity contribution in [3.8, 4) is 0 Å². The number of nitro benzene ring substituents is 1. The fourth-order valence-electron chi connectivity index (χ4n) is 2.40. The van der Waals surface area contributed by atoms with Gasteiger partial charge in [0.25, 0.3) is 5.69 Å². The Morgan fingerprint density at radius 1 is 0.852 bits per heavy atom. The van der Waals surface area contributed by atoms with Crippen molar-refractivity contribution in [2.75, 3.05) is 0 Å². The Labute approximate surface area is 161 Å². The molecule has 3 rings (SSSR count). The van der Waals surface area contributed by atoms with Crippen LogP contribution < -0.4 is 0 Å². The quantitative estimate of drug-likeness (QED) is 0.327. The summed E-state index contributed by atoms with van der Waals surface area (Å²) in [6.45, 7) is 0.230. The lowest BCUT2D eigenvalue weighted by molar-refractivity contribution is -0.384. The number of hydrogen-bond donors (Lipinski definition) is 0. The van der Waals surface area contributed by atoms with Crippen LogP contribution in [0, 0.1) is 10.1 Å². The Morgan fingerprint density at radius 3 is 2.04 bits per heavy atom. The minimum absolute atomic E-state index is 0.0759. The van der Waals surface area contributed by atoms with Crippen molar-refractivity contribution in [3.05, 3.63) is 100 Å². The van der Waals surface area contributed by atoms with Crippen molar-refractivity contribution in [3.63, 3.8) is 0 Å². The first-order chi connectivity index (χ1) is 13.1. The fraction of sp³-hybridized carbons (Fsp3) is 0.0952. The molecule has 0 amide bonds. The summed E-state index contributed by atoms with van der Waals surface area (Å²) in [6, 6.07) is 23.6. The van der Waals surface area contributed by atoms with E-state index < -0.39 is 4.92 Å². The zero-order chi connectivity index (χ0) is 19.1. The van der Waals surface area contributed by atoms with E-state index in [2.05, 4.69) is 0 Å². The molecule has 0 radical (unpaired) electrons. The van der Waals surface area contributed by atoms with Crippen molar-refractivity contribution in [2.45, 2.75) is 22.8 Å². The van der Waals surface area contributed by atoms with Crippen molar-refractivity contribution >= 4 is 23.4 Å². The van der Waals surface area contributed by atoms with E-state index in [4.69, 9.17) is 4.74 Å². The maximum atomic E-state index is 11.9. The summed E-state index contributed by atoms with van der Waals surface area (Å²) in [4.78, 5) is 24.1. The lowest BCUT2D eigenvalue weighted by Crippen LogP contribution is -2.07. The van der Waals surface area contributed by atoms with E-state index in [1.54, 1.807) is 12.1 Å². The van der Waals surface area contributed by atoms with E-state index in [-0.39, 0.29) is 24.7 Å². The van der Waals surface area contributed by atoms with Crippen LogP contribution in [0.2, 0.25) is 0 Å². The van der Waals surface area contributed by atoms with Crippen LogP contribution in [-0.4, -0.2) is 10.9 Å². The Bertz CT molecular complexity index is 909. The molecule has 6 heteroatoms. The van der Waals surface area contributed by atoms with Gasteiger partial charge in [-0.25, -0.2) is 0 Å². The van der Waals surface area contributed by atoms with E-state index in [0.717, 1.165) is 20.9 Å². The molecule has 0 aliphatic heterocycles. The van der Waals surface area contributed by atoms with Gasteiger partial charge in [0.05, 0.1) is 11.3 Å². The molecule has 0 aromatic heterocycles. The molecule has 0 atom stereocenters. The van der Waals surface area contributed by atoms with Gasteiger partial charge in [-0.15, -0.1) is 0 Å². The van der Waals surface area contributed by atoms with Crippen molar-refractivity contribution < 1.29 is 14.5 Å². The van der Waals surface area contributed by atoms with E-state index >= 15 is 0 Å². The second-order valence-electron chi connectivity index (χ2n) is 5.82. The van der Waals surface area contributed by atoms with Crippen LogP contribution in [-0.2, 0) is 22.6 Å². The zero-order valence-electron chi connectivity index (χ0n) is 14.4. The smallest absolute Gasteiger partial charge is 0.310 e. The third kappa shape index (κ3) is 5.69. The first-order valence-electron chi connectivity index (χ1n) is 8.31. The highest BCUT2D eigenvalue weighted by molar-refractivity contribution is 7.99. The molecule has 27 heavy (non-hydrogen) atoms. The van der Waals surface area contributed by atoms with Gasteiger partial charge in [0.15, 0.2) is 0 Å². The predicted octanol–water partition coefficient (Wildman–Crippen LogP) is 5.03. The maximum absolute atomic E-state index is 11.9.